The molecule has 1 aromatic heterocycles. The summed E-state index contributed by atoms with van der Waals surface area (Å²) < 4.78 is 5.43. The third-order valence-corrected chi connectivity index (χ3v) is 1.46. The lowest BCUT2D eigenvalue weighted by molar-refractivity contribution is 0.259. The zero-order valence-corrected chi connectivity index (χ0v) is 7.50. The second-order valence-corrected chi connectivity index (χ2v) is 3.13. The molecule has 0 atom stereocenters. The van der Waals surface area contributed by atoms with Gasteiger partial charge in [0.2, 0.25) is 5.88 Å². The molecule has 0 saturated carbocycles. The largest absolute Gasteiger partial charge is 0.477 e. The average Bonchev–Trinajstić information content (AvgIpc) is 2.47. The zero-order chi connectivity index (χ0) is 8.97. The highest BCUT2D eigenvalue weighted by molar-refractivity contribution is 5.21. The van der Waals surface area contributed by atoms with Crippen molar-refractivity contribution in [2.45, 2.75) is 20.4 Å². The van der Waals surface area contributed by atoms with Crippen LogP contribution in [0.4, 0.5) is 0 Å². The van der Waals surface area contributed by atoms with Crippen LogP contribution in [-0.4, -0.2) is 16.8 Å². The maximum Gasteiger partial charge on any atom is 0.213 e. The number of hydrogen-bond acceptors (Lipinski definition) is 3. The molecule has 1 rings (SSSR count). The van der Waals surface area contributed by atoms with Crippen molar-refractivity contribution in [3.05, 3.63) is 11.8 Å². The van der Waals surface area contributed by atoms with E-state index in [1.165, 1.54) is 0 Å². The summed E-state index contributed by atoms with van der Waals surface area (Å²) in [7, 11) is 0. The van der Waals surface area contributed by atoms with Crippen LogP contribution in [0.15, 0.2) is 6.20 Å². The third-order valence-electron chi connectivity index (χ3n) is 1.46. The van der Waals surface area contributed by atoms with Crippen molar-refractivity contribution >= 4 is 0 Å². The van der Waals surface area contributed by atoms with Crippen molar-refractivity contribution in [1.82, 2.24) is 10.2 Å². The van der Waals surface area contributed by atoms with Crippen molar-refractivity contribution in [1.29, 1.82) is 0 Å². The van der Waals surface area contributed by atoms with Crippen LogP contribution >= 0.6 is 0 Å². The first kappa shape index (κ1) is 9.06. The SMILES string of the molecule is CC(C)COc1[nH]ncc1CN. The fourth-order valence-corrected chi connectivity index (χ4v) is 0.820. The smallest absolute Gasteiger partial charge is 0.213 e. The molecule has 0 aliphatic heterocycles. The molecule has 0 amide bonds. The van der Waals surface area contributed by atoms with E-state index >= 15 is 0 Å². The molecule has 0 radical (unpaired) electrons. The summed E-state index contributed by atoms with van der Waals surface area (Å²) in [5.41, 5.74) is 6.39. The van der Waals surface area contributed by atoms with E-state index in [2.05, 4.69) is 24.0 Å². The number of nitrogens with two attached hydrogens (primary N) is 1. The van der Waals surface area contributed by atoms with Crippen LogP contribution in [-0.2, 0) is 6.54 Å². The van der Waals surface area contributed by atoms with E-state index in [9.17, 15) is 0 Å². The standard InChI is InChI=1S/C8H15N3O/c1-6(2)5-12-8-7(3-9)4-10-11-8/h4,6H,3,5,9H2,1-2H3,(H,10,11). The van der Waals surface area contributed by atoms with Crippen molar-refractivity contribution in [2.75, 3.05) is 6.61 Å². The van der Waals surface area contributed by atoms with Crippen LogP contribution in [0.1, 0.15) is 19.4 Å². The molecular weight excluding hydrogens is 154 g/mol. The Morgan fingerprint density at radius 1 is 1.67 bits per heavy atom. The Bertz CT molecular complexity index is 232. The summed E-state index contributed by atoms with van der Waals surface area (Å²) >= 11 is 0. The van der Waals surface area contributed by atoms with Crippen molar-refractivity contribution < 1.29 is 4.74 Å². The molecule has 0 spiro atoms. The minimum absolute atomic E-state index is 0.462. The Morgan fingerprint density at radius 3 is 3.00 bits per heavy atom. The lowest BCUT2D eigenvalue weighted by atomic mass is 10.2. The highest BCUT2D eigenvalue weighted by Gasteiger charge is 2.04. The van der Waals surface area contributed by atoms with Gasteiger partial charge in [-0.25, -0.2) is 5.10 Å². The Labute approximate surface area is 72.1 Å². The fourth-order valence-electron chi connectivity index (χ4n) is 0.820. The van der Waals surface area contributed by atoms with Crippen molar-refractivity contribution in [3.63, 3.8) is 0 Å². The summed E-state index contributed by atoms with van der Waals surface area (Å²) in [6.07, 6.45) is 1.69. The van der Waals surface area contributed by atoms with E-state index in [4.69, 9.17) is 10.5 Å². The van der Waals surface area contributed by atoms with E-state index in [0.717, 1.165) is 5.56 Å². The van der Waals surface area contributed by atoms with Gasteiger partial charge < -0.3 is 10.5 Å². The molecule has 0 fully saturated rings. The summed E-state index contributed by atoms with van der Waals surface area (Å²) in [6, 6.07) is 0. The Hall–Kier alpha value is -1.03. The predicted molar refractivity (Wildman–Crippen MR) is 46.8 cm³/mol. The van der Waals surface area contributed by atoms with Gasteiger partial charge in [-0.05, 0) is 5.92 Å². The molecule has 0 saturated heterocycles. The minimum atomic E-state index is 0.462. The fraction of sp³-hybridized carbons (Fsp3) is 0.625. The van der Waals surface area contributed by atoms with Crippen LogP contribution in [0.3, 0.4) is 0 Å². The number of aromatic nitrogens is 2. The average molecular weight is 169 g/mol. The Balaban J connectivity index is 2.50. The molecule has 0 aliphatic carbocycles. The quantitative estimate of drug-likeness (QED) is 0.704. The maximum atomic E-state index is 5.46. The maximum absolute atomic E-state index is 5.46. The van der Waals surface area contributed by atoms with Crippen LogP contribution in [0.5, 0.6) is 5.88 Å². The topological polar surface area (TPSA) is 63.9 Å². The van der Waals surface area contributed by atoms with Crippen LogP contribution in [0, 0.1) is 5.92 Å². The second-order valence-electron chi connectivity index (χ2n) is 3.13. The molecule has 4 heteroatoms. The van der Waals surface area contributed by atoms with Gasteiger partial charge in [0.15, 0.2) is 0 Å². The van der Waals surface area contributed by atoms with Gasteiger partial charge in [-0.1, -0.05) is 13.8 Å². The molecule has 1 aromatic rings. The molecule has 0 aromatic carbocycles. The van der Waals surface area contributed by atoms with Crippen molar-refractivity contribution in [2.24, 2.45) is 11.7 Å². The van der Waals surface area contributed by atoms with E-state index in [1.807, 2.05) is 0 Å². The van der Waals surface area contributed by atoms with E-state index in [-0.39, 0.29) is 0 Å². The van der Waals surface area contributed by atoms with Gasteiger partial charge >= 0.3 is 0 Å². The molecule has 1 heterocycles. The number of nitrogens with zero attached hydrogens (tertiary/aromatic N) is 1. The van der Waals surface area contributed by atoms with Gasteiger partial charge in [0.1, 0.15) is 0 Å². The predicted octanol–water partition coefficient (Wildman–Crippen LogP) is 0.903. The van der Waals surface area contributed by atoms with Gasteiger partial charge in [0.25, 0.3) is 0 Å². The van der Waals surface area contributed by atoms with E-state index in [1.54, 1.807) is 6.20 Å². The number of ether oxygens (including phenoxy) is 1. The summed E-state index contributed by atoms with van der Waals surface area (Å²) in [4.78, 5) is 0. The molecule has 3 N–H and O–H groups in total. The number of aromatic amines is 1. The molecule has 0 aliphatic rings. The number of H-pyrrole nitrogens is 1. The first-order valence-corrected chi connectivity index (χ1v) is 4.09. The minimum Gasteiger partial charge on any atom is -0.477 e. The van der Waals surface area contributed by atoms with Gasteiger partial charge in [0, 0.05) is 12.1 Å². The third kappa shape index (κ3) is 2.23. The van der Waals surface area contributed by atoms with Gasteiger partial charge in [-0.3, -0.25) is 0 Å². The molecule has 12 heavy (non-hydrogen) atoms. The molecule has 4 nitrogen and oxygen atoms in total. The van der Waals surface area contributed by atoms with Gasteiger partial charge in [0.05, 0.1) is 12.8 Å². The molecule has 0 unspecified atom stereocenters. The van der Waals surface area contributed by atoms with Crippen LogP contribution in [0.2, 0.25) is 0 Å². The van der Waals surface area contributed by atoms with Crippen LogP contribution < -0.4 is 10.5 Å². The Morgan fingerprint density at radius 2 is 2.42 bits per heavy atom. The second kappa shape index (κ2) is 4.11. The van der Waals surface area contributed by atoms with Crippen LogP contribution in [0.25, 0.3) is 0 Å². The normalized spacial score (nSPS) is 10.7. The number of nitrogens with one attached hydrogen (secondary N) is 1. The zero-order valence-electron chi connectivity index (χ0n) is 7.50. The molecule has 68 valence electrons. The number of hydrogen-bond donors (Lipinski definition) is 2. The highest BCUT2D eigenvalue weighted by atomic mass is 16.5. The van der Waals surface area contributed by atoms with Crippen molar-refractivity contribution in [3.8, 4) is 5.88 Å². The summed E-state index contributed by atoms with van der Waals surface area (Å²) in [5.74, 6) is 1.21. The number of rotatable bonds is 4. The monoisotopic (exact) mass is 169 g/mol. The molecular formula is C8H15N3O. The van der Waals surface area contributed by atoms with E-state index < -0.39 is 0 Å². The first-order valence-electron chi connectivity index (χ1n) is 4.09. The summed E-state index contributed by atoms with van der Waals surface area (Å²) in [6.45, 7) is 5.34. The van der Waals surface area contributed by atoms with E-state index in [0.29, 0.717) is 24.9 Å². The highest BCUT2D eigenvalue weighted by Crippen LogP contribution is 2.13. The summed E-state index contributed by atoms with van der Waals surface area (Å²) in [5, 5.41) is 6.60. The Kier molecular flexibility index (Phi) is 3.10. The molecule has 0 bridgehead atoms. The van der Waals surface area contributed by atoms with Gasteiger partial charge in [-0.2, -0.15) is 5.10 Å². The first-order chi connectivity index (χ1) is 5.74. The van der Waals surface area contributed by atoms with Gasteiger partial charge in [-0.15, -0.1) is 0 Å². The lowest BCUT2D eigenvalue weighted by Crippen LogP contribution is -2.07. The lowest BCUT2D eigenvalue weighted by Gasteiger charge is -2.07.